The highest BCUT2D eigenvalue weighted by atomic mass is 15.1. The Balaban J connectivity index is 2.21. The van der Waals surface area contributed by atoms with Crippen molar-refractivity contribution in [3.05, 3.63) is 53.1 Å². The Kier molecular flexibility index (Phi) is 3.82. The number of aryl methyl sites for hydroxylation is 3. The second-order valence-electron chi connectivity index (χ2n) is 4.80. The number of rotatable bonds is 4. The lowest BCUT2D eigenvalue weighted by molar-refractivity contribution is 0.626. The van der Waals surface area contributed by atoms with Crippen molar-refractivity contribution in [1.29, 1.82) is 0 Å². The molecule has 3 nitrogen and oxygen atoms in total. The van der Waals surface area contributed by atoms with Crippen molar-refractivity contribution in [2.24, 2.45) is 5.73 Å². The molecule has 0 aliphatic carbocycles. The van der Waals surface area contributed by atoms with Gasteiger partial charge in [0.05, 0.1) is 0 Å². The topological polar surface area (TPSA) is 43.8 Å². The predicted octanol–water partition coefficient (Wildman–Crippen LogP) is 2.76. The third-order valence-electron chi connectivity index (χ3n) is 3.38. The van der Waals surface area contributed by atoms with E-state index in [9.17, 15) is 0 Å². The number of aromatic nitrogens is 2. The summed E-state index contributed by atoms with van der Waals surface area (Å²) in [5.74, 6) is 1.06. The minimum atomic E-state index is 0.0117. The van der Waals surface area contributed by atoms with E-state index in [2.05, 4.69) is 48.5 Å². The Morgan fingerprint density at radius 2 is 2.11 bits per heavy atom. The molecule has 0 aliphatic heterocycles. The van der Waals surface area contributed by atoms with Crippen molar-refractivity contribution in [1.82, 2.24) is 9.55 Å². The Morgan fingerprint density at radius 1 is 1.33 bits per heavy atom. The molecule has 0 bridgehead atoms. The first-order valence-electron chi connectivity index (χ1n) is 6.44. The highest BCUT2D eigenvalue weighted by Crippen LogP contribution is 2.20. The summed E-state index contributed by atoms with van der Waals surface area (Å²) in [6.07, 6.45) is 4.63. The monoisotopic (exact) mass is 243 g/mol. The summed E-state index contributed by atoms with van der Waals surface area (Å²) in [5, 5.41) is 0. The van der Waals surface area contributed by atoms with Crippen LogP contribution in [0.5, 0.6) is 0 Å². The SMILES string of the molecule is CCn1ccnc1CC(N)c1cc(C)ccc1C. The molecule has 0 amide bonds. The van der Waals surface area contributed by atoms with E-state index in [4.69, 9.17) is 5.73 Å². The zero-order valence-electron chi connectivity index (χ0n) is 11.4. The number of hydrogen-bond acceptors (Lipinski definition) is 2. The smallest absolute Gasteiger partial charge is 0.110 e. The molecule has 18 heavy (non-hydrogen) atoms. The molecule has 3 heteroatoms. The van der Waals surface area contributed by atoms with Gasteiger partial charge in [-0.1, -0.05) is 23.8 Å². The summed E-state index contributed by atoms with van der Waals surface area (Å²) in [5.41, 5.74) is 10.1. The lowest BCUT2D eigenvalue weighted by atomic mass is 9.97. The maximum Gasteiger partial charge on any atom is 0.110 e. The molecule has 1 unspecified atom stereocenters. The third kappa shape index (κ3) is 2.62. The van der Waals surface area contributed by atoms with Gasteiger partial charge in [-0.15, -0.1) is 0 Å². The van der Waals surface area contributed by atoms with Gasteiger partial charge in [-0.25, -0.2) is 4.98 Å². The van der Waals surface area contributed by atoms with Crippen LogP contribution in [0, 0.1) is 13.8 Å². The molecule has 0 saturated heterocycles. The van der Waals surface area contributed by atoms with E-state index in [0.29, 0.717) is 0 Å². The molecule has 96 valence electrons. The van der Waals surface area contributed by atoms with E-state index in [1.54, 1.807) is 0 Å². The van der Waals surface area contributed by atoms with Gasteiger partial charge >= 0.3 is 0 Å². The number of hydrogen-bond donors (Lipinski definition) is 1. The zero-order chi connectivity index (χ0) is 13.1. The zero-order valence-corrected chi connectivity index (χ0v) is 11.4. The number of nitrogens with two attached hydrogens (primary N) is 1. The Hall–Kier alpha value is -1.61. The molecular weight excluding hydrogens is 222 g/mol. The molecule has 0 saturated carbocycles. The van der Waals surface area contributed by atoms with Crippen LogP contribution >= 0.6 is 0 Å². The van der Waals surface area contributed by atoms with Gasteiger partial charge in [-0.3, -0.25) is 0 Å². The summed E-state index contributed by atoms with van der Waals surface area (Å²) in [4.78, 5) is 4.39. The largest absolute Gasteiger partial charge is 0.335 e. The van der Waals surface area contributed by atoms with Crippen LogP contribution in [0.25, 0.3) is 0 Å². The van der Waals surface area contributed by atoms with E-state index >= 15 is 0 Å². The number of benzene rings is 1. The molecule has 0 fully saturated rings. The molecule has 1 aromatic heterocycles. The lowest BCUT2D eigenvalue weighted by Gasteiger charge is -2.16. The lowest BCUT2D eigenvalue weighted by Crippen LogP contribution is -2.17. The molecule has 1 heterocycles. The first-order chi connectivity index (χ1) is 8.61. The van der Waals surface area contributed by atoms with Gasteiger partial charge in [-0.2, -0.15) is 0 Å². The van der Waals surface area contributed by atoms with Gasteiger partial charge in [-0.05, 0) is 31.9 Å². The molecule has 2 rings (SSSR count). The van der Waals surface area contributed by atoms with Gasteiger partial charge in [0.2, 0.25) is 0 Å². The summed E-state index contributed by atoms with van der Waals surface area (Å²) < 4.78 is 2.14. The maximum atomic E-state index is 6.33. The normalized spacial score (nSPS) is 12.7. The van der Waals surface area contributed by atoms with Crippen molar-refractivity contribution in [2.75, 3.05) is 0 Å². The quantitative estimate of drug-likeness (QED) is 0.897. The highest BCUT2D eigenvalue weighted by Gasteiger charge is 2.12. The van der Waals surface area contributed by atoms with Gasteiger partial charge in [0.15, 0.2) is 0 Å². The Bertz CT molecular complexity index is 528. The first kappa shape index (κ1) is 12.8. The van der Waals surface area contributed by atoms with Crippen LogP contribution < -0.4 is 5.73 Å². The van der Waals surface area contributed by atoms with Crippen LogP contribution in [-0.2, 0) is 13.0 Å². The van der Waals surface area contributed by atoms with E-state index in [0.717, 1.165) is 18.8 Å². The van der Waals surface area contributed by atoms with E-state index in [1.807, 2.05) is 12.4 Å². The second-order valence-corrected chi connectivity index (χ2v) is 4.80. The minimum absolute atomic E-state index is 0.0117. The van der Waals surface area contributed by atoms with Crippen molar-refractivity contribution < 1.29 is 0 Å². The maximum absolute atomic E-state index is 6.33. The van der Waals surface area contributed by atoms with Gasteiger partial charge < -0.3 is 10.3 Å². The second kappa shape index (κ2) is 5.36. The molecular formula is C15H21N3. The van der Waals surface area contributed by atoms with Gasteiger partial charge in [0, 0.05) is 31.4 Å². The fourth-order valence-corrected chi connectivity index (χ4v) is 2.28. The van der Waals surface area contributed by atoms with Crippen LogP contribution in [0.4, 0.5) is 0 Å². The Morgan fingerprint density at radius 3 is 2.83 bits per heavy atom. The molecule has 0 aliphatic rings. The van der Waals surface area contributed by atoms with Crippen molar-refractivity contribution >= 4 is 0 Å². The number of nitrogens with zero attached hydrogens (tertiary/aromatic N) is 2. The average molecular weight is 243 g/mol. The van der Waals surface area contributed by atoms with Crippen molar-refractivity contribution in [2.45, 2.75) is 39.8 Å². The van der Waals surface area contributed by atoms with Crippen LogP contribution in [0.15, 0.2) is 30.6 Å². The summed E-state index contributed by atoms with van der Waals surface area (Å²) in [7, 11) is 0. The molecule has 1 aromatic carbocycles. The third-order valence-corrected chi connectivity index (χ3v) is 3.38. The molecule has 0 radical (unpaired) electrons. The van der Waals surface area contributed by atoms with E-state index < -0.39 is 0 Å². The molecule has 0 spiro atoms. The summed E-state index contributed by atoms with van der Waals surface area (Å²) in [6, 6.07) is 6.45. The van der Waals surface area contributed by atoms with Crippen LogP contribution in [0.1, 0.15) is 35.5 Å². The predicted molar refractivity (Wildman–Crippen MR) is 74.4 cm³/mol. The minimum Gasteiger partial charge on any atom is -0.335 e. The summed E-state index contributed by atoms with van der Waals surface area (Å²) in [6.45, 7) is 7.27. The van der Waals surface area contributed by atoms with E-state index in [-0.39, 0.29) is 6.04 Å². The van der Waals surface area contributed by atoms with Crippen LogP contribution in [0.2, 0.25) is 0 Å². The van der Waals surface area contributed by atoms with Gasteiger partial charge in [0.25, 0.3) is 0 Å². The van der Waals surface area contributed by atoms with Crippen LogP contribution in [-0.4, -0.2) is 9.55 Å². The molecule has 2 aromatic rings. The van der Waals surface area contributed by atoms with Crippen LogP contribution in [0.3, 0.4) is 0 Å². The molecule has 1 atom stereocenters. The van der Waals surface area contributed by atoms with Crippen molar-refractivity contribution in [3.8, 4) is 0 Å². The Labute approximate surface area is 109 Å². The number of imidazole rings is 1. The first-order valence-corrected chi connectivity index (χ1v) is 6.44. The average Bonchev–Trinajstić information content (AvgIpc) is 2.79. The standard InChI is InChI=1S/C15H21N3/c1-4-18-8-7-17-15(18)10-14(16)13-9-11(2)5-6-12(13)3/h5-9,14H,4,10,16H2,1-3H3. The fourth-order valence-electron chi connectivity index (χ4n) is 2.28. The van der Waals surface area contributed by atoms with E-state index in [1.165, 1.54) is 16.7 Å². The fraction of sp³-hybridized carbons (Fsp3) is 0.400. The van der Waals surface area contributed by atoms with Gasteiger partial charge in [0.1, 0.15) is 5.82 Å². The van der Waals surface area contributed by atoms with Crippen molar-refractivity contribution in [3.63, 3.8) is 0 Å². The molecule has 2 N–H and O–H groups in total. The highest BCUT2D eigenvalue weighted by molar-refractivity contribution is 5.33. The summed E-state index contributed by atoms with van der Waals surface area (Å²) >= 11 is 0.